The van der Waals surface area contributed by atoms with Gasteiger partial charge in [-0.2, -0.15) is 0 Å². The molecule has 4 aliphatic heterocycles. The Hall–Kier alpha value is -3.17. The number of aliphatic hydroxyl groups excluding tert-OH is 1. The first-order valence-corrected chi connectivity index (χ1v) is 13.2. The number of ether oxygens (including phenoxy) is 2. The molecule has 1 N–H and O–H groups in total. The number of carbonyl (C=O) groups is 3. The van der Waals surface area contributed by atoms with Crippen molar-refractivity contribution >= 4 is 29.2 Å². The molecule has 2 saturated heterocycles. The number of aliphatic hydroxyl groups is 1. The second-order valence-corrected chi connectivity index (χ2v) is 9.88. The Morgan fingerprint density at radius 1 is 1.08 bits per heavy atom. The molecule has 37 heavy (non-hydrogen) atoms. The fourth-order valence-electron chi connectivity index (χ4n) is 6.25. The number of benzene rings is 1. The number of rotatable bonds is 7. The van der Waals surface area contributed by atoms with Gasteiger partial charge in [-0.15, -0.1) is 0 Å². The van der Waals surface area contributed by atoms with Gasteiger partial charge in [0.05, 0.1) is 18.6 Å². The van der Waals surface area contributed by atoms with Crippen molar-refractivity contribution in [3.8, 4) is 0 Å². The zero-order valence-corrected chi connectivity index (χ0v) is 21.4. The maximum Gasteiger partial charge on any atom is 0.312 e. The average Bonchev–Trinajstić information content (AvgIpc) is 3.27. The summed E-state index contributed by atoms with van der Waals surface area (Å²) in [4.78, 5) is 46.6. The van der Waals surface area contributed by atoms with Gasteiger partial charge in [-0.3, -0.25) is 14.4 Å². The van der Waals surface area contributed by atoms with E-state index in [-0.39, 0.29) is 31.6 Å². The highest BCUT2D eigenvalue weighted by molar-refractivity contribution is 6.05. The molecule has 9 nitrogen and oxygen atoms in total. The number of likely N-dealkylation sites (tertiary alicyclic amines) is 1. The largest absolute Gasteiger partial charge is 0.465 e. The first-order valence-electron chi connectivity index (χ1n) is 13.2. The van der Waals surface area contributed by atoms with Gasteiger partial charge in [0, 0.05) is 44.2 Å². The fraction of sp³-hybridized carbons (Fsp3) is 0.536. The molecule has 0 bridgehead atoms. The lowest BCUT2D eigenvalue weighted by Crippen LogP contribution is -2.55. The second kappa shape index (κ2) is 10.3. The molecule has 1 aromatic rings. The molecule has 2 unspecified atom stereocenters. The number of amides is 2. The van der Waals surface area contributed by atoms with Crippen LogP contribution in [-0.2, 0) is 23.9 Å². The van der Waals surface area contributed by atoms with Gasteiger partial charge in [0.1, 0.15) is 17.6 Å². The Balaban J connectivity index is 1.54. The molecule has 2 fully saturated rings. The number of carbonyl (C=O) groups excluding carboxylic acids is 3. The Labute approximate surface area is 217 Å². The Morgan fingerprint density at radius 3 is 2.54 bits per heavy atom. The highest BCUT2D eigenvalue weighted by Gasteiger charge is 2.71. The van der Waals surface area contributed by atoms with E-state index >= 15 is 0 Å². The quantitative estimate of drug-likeness (QED) is 0.443. The molecule has 198 valence electrons. The van der Waals surface area contributed by atoms with Crippen molar-refractivity contribution in [2.75, 3.05) is 49.2 Å². The molecule has 0 saturated carbocycles. The van der Waals surface area contributed by atoms with Crippen LogP contribution in [0.4, 0.5) is 11.4 Å². The molecule has 1 aromatic carbocycles. The molecule has 5 atom stereocenters. The van der Waals surface area contributed by atoms with E-state index in [0.29, 0.717) is 19.4 Å². The Bertz CT molecular complexity index is 1100. The third kappa shape index (κ3) is 4.14. The van der Waals surface area contributed by atoms with Crippen molar-refractivity contribution in [2.24, 2.45) is 11.8 Å². The Morgan fingerprint density at radius 2 is 1.84 bits per heavy atom. The van der Waals surface area contributed by atoms with Crippen LogP contribution in [0.1, 0.15) is 26.7 Å². The van der Waals surface area contributed by atoms with Gasteiger partial charge in [0.15, 0.2) is 0 Å². The summed E-state index contributed by atoms with van der Waals surface area (Å²) in [6.45, 7) is 6.60. The zero-order valence-electron chi connectivity index (χ0n) is 21.4. The van der Waals surface area contributed by atoms with Gasteiger partial charge >= 0.3 is 5.97 Å². The van der Waals surface area contributed by atoms with Gasteiger partial charge in [-0.1, -0.05) is 24.3 Å². The molecular weight excluding hydrogens is 474 g/mol. The van der Waals surface area contributed by atoms with E-state index in [2.05, 4.69) is 18.7 Å². The van der Waals surface area contributed by atoms with Crippen LogP contribution in [0.5, 0.6) is 0 Å². The molecule has 2 amide bonds. The van der Waals surface area contributed by atoms with Crippen LogP contribution < -0.4 is 9.80 Å². The summed E-state index contributed by atoms with van der Waals surface area (Å²) < 4.78 is 12.0. The zero-order chi connectivity index (χ0) is 26.2. The van der Waals surface area contributed by atoms with Gasteiger partial charge in [-0.05, 0) is 51.0 Å². The molecule has 4 heterocycles. The summed E-state index contributed by atoms with van der Waals surface area (Å²) in [5.41, 5.74) is 0.510. The molecule has 0 aromatic heterocycles. The smallest absolute Gasteiger partial charge is 0.312 e. The standard InChI is InChI=1S/C28H35N3O6/c1-3-29(4-2)19-10-12-20(13-11-19)30-15-7-14-28-23(22-21(37-28)9-5-6-18-36-27(22)35)25(33)31(16-8-17-32)24(28)26(30)34/h5,7,9-14,21-24,32H,3-4,6,8,15-18H2,1-2H3/t21-,22?,23+,24-,28?/m1/s1. The number of fused-ring (bicyclic) bond motifs is 2. The van der Waals surface area contributed by atoms with Crippen LogP contribution >= 0.6 is 0 Å². The van der Waals surface area contributed by atoms with Crippen LogP contribution in [0.2, 0.25) is 0 Å². The number of hydrogen-bond donors (Lipinski definition) is 1. The minimum Gasteiger partial charge on any atom is -0.465 e. The van der Waals surface area contributed by atoms with Crippen molar-refractivity contribution in [3.63, 3.8) is 0 Å². The van der Waals surface area contributed by atoms with E-state index in [1.54, 1.807) is 4.90 Å². The van der Waals surface area contributed by atoms with E-state index in [4.69, 9.17) is 9.47 Å². The lowest BCUT2D eigenvalue weighted by Gasteiger charge is -2.35. The predicted molar refractivity (Wildman–Crippen MR) is 138 cm³/mol. The topological polar surface area (TPSA) is 99.6 Å². The molecule has 5 rings (SSSR count). The van der Waals surface area contributed by atoms with Gasteiger partial charge in [0.25, 0.3) is 5.91 Å². The van der Waals surface area contributed by atoms with Crippen LogP contribution in [0.15, 0.2) is 48.6 Å². The SMILES string of the molecule is CCN(CC)c1ccc(N2CC=CC34O[C@@H]5C=CCCOC(=O)C5[C@H]3C(=O)N(CCCO)[C@@H]4C2=O)cc1. The number of hydrogen-bond acceptors (Lipinski definition) is 7. The molecule has 0 radical (unpaired) electrons. The molecule has 0 aliphatic carbocycles. The summed E-state index contributed by atoms with van der Waals surface area (Å²) in [5.74, 6) is -2.75. The average molecular weight is 510 g/mol. The van der Waals surface area contributed by atoms with Crippen molar-refractivity contribution in [2.45, 2.75) is 44.4 Å². The van der Waals surface area contributed by atoms with Crippen LogP contribution in [-0.4, -0.2) is 84.9 Å². The third-order valence-corrected chi connectivity index (χ3v) is 7.97. The first-order chi connectivity index (χ1) is 18.0. The summed E-state index contributed by atoms with van der Waals surface area (Å²) in [7, 11) is 0. The van der Waals surface area contributed by atoms with E-state index < -0.39 is 35.6 Å². The van der Waals surface area contributed by atoms with Gasteiger partial charge in [0.2, 0.25) is 5.91 Å². The highest BCUT2D eigenvalue weighted by Crippen LogP contribution is 2.53. The maximum absolute atomic E-state index is 14.2. The normalized spacial score (nSPS) is 30.8. The lowest BCUT2D eigenvalue weighted by atomic mass is 9.77. The number of anilines is 2. The van der Waals surface area contributed by atoms with Crippen LogP contribution in [0, 0.1) is 11.8 Å². The highest BCUT2D eigenvalue weighted by atomic mass is 16.6. The van der Waals surface area contributed by atoms with E-state index in [1.807, 2.05) is 48.6 Å². The molecule has 1 spiro atoms. The first kappa shape index (κ1) is 25.5. The number of cyclic esters (lactones) is 1. The minimum absolute atomic E-state index is 0.119. The number of nitrogens with zero attached hydrogens (tertiary/aromatic N) is 3. The summed E-state index contributed by atoms with van der Waals surface area (Å²) in [6.07, 6.45) is 7.64. The van der Waals surface area contributed by atoms with Crippen molar-refractivity contribution in [1.29, 1.82) is 0 Å². The maximum atomic E-state index is 14.2. The van der Waals surface area contributed by atoms with Gasteiger partial charge in [-0.25, -0.2) is 0 Å². The van der Waals surface area contributed by atoms with Crippen molar-refractivity contribution in [3.05, 3.63) is 48.6 Å². The van der Waals surface area contributed by atoms with Crippen LogP contribution in [0.3, 0.4) is 0 Å². The third-order valence-electron chi connectivity index (χ3n) is 7.97. The predicted octanol–water partition coefficient (Wildman–Crippen LogP) is 1.90. The molecular formula is C28H35N3O6. The van der Waals surface area contributed by atoms with E-state index in [0.717, 1.165) is 24.5 Å². The fourth-order valence-corrected chi connectivity index (χ4v) is 6.25. The van der Waals surface area contributed by atoms with Crippen LogP contribution in [0.25, 0.3) is 0 Å². The summed E-state index contributed by atoms with van der Waals surface area (Å²) in [6, 6.07) is 6.90. The van der Waals surface area contributed by atoms with E-state index in [9.17, 15) is 19.5 Å². The van der Waals surface area contributed by atoms with E-state index in [1.165, 1.54) is 4.90 Å². The summed E-state index contributed by atoms with van der Waals surface area (Å²) in [5, 5.41) is 9.51. The molecule has 9 heteroatoms. The molecule has 4 aliphatic rings. The van der Waals surface area contributed by atoms with Crippen molar-refractivity contribution in [1.82, 2.24) is 4.90 Å². The number of esters is 1. The minimum atomic E-state index is -1.29. The Kier molecular flexibility index (Phi) is 7.09. The second-order valence-electron chi connectivity index (χ2n) is 9.88. The summed E-state index contributed by atoms with van der Waals surface area (Å²) >= 11 is 0. The monoisotopic (exact) mass is 509 g/mol. The van der Waals surface area contributed by atoms with Gasteiger partial charge < -0.3 is 29.3 Å². The lowest BCUT2D eigenvalue weighted by molar-refractivity contribution is -0.154. The van der Waals surface area contributed by atoms with Crippen molar-refractivity contribution < 1.29 is 29.0 Å².